The summed E-state index contributed by atoms with van der Waals surface area (Å²) in [5.41, 5.74) is 4.67. The Morgan fingerprint density at radius 1 is 1.05 bits per heavy atom. The summed E-state index contributed by atoms with van der Waals surface area (Å²) in [5, 5.41) is 12.9. The SMILES string of the molecule is Cc1cc(C)c(NCc2ccc(O)c(Br)c2)c(Br)c1. The highest BCUT2D eigenvalue weighted by atomic mass is 79.9. The van der Waals surface area contributed by atoms with E-state index in [1.807, 2.05) is 12.1 Å². The van der Waals surface area contributed by atoms with Crippen LogP contribution in [0.5, 0.6) is 5.75 Å². The van der Waals surface area contributed by atoms with Gasteiger partial charge in [0, 0.05) is 11.0 Å². The summed E-state index contributed by atoms with van der Waals surface area (Å²) in [6.45, 7) is 4.88. The molecule has 0 amide bonds. The van der Waals surface area contributed by atoms with Gasteiger partial charge in [0.15, 0.2) is 0 Å². The van der Waals surface area contributed by atoms with Crippen LogP contribution in [0.1, 0.15) is 16.7 Å². The van der Waals surface area contributed by atoms with Crippen molar-refractivity contribution in [1.29, 1.82) is 0 Å². The molecule has 0 aliphatic heterocycles. The van der Waals surface area contributed by atoms with Gasteiger partial charge < -0.3 is 10.4 Å². The number of halogens is 2. The predicted molar refractivity (Wildman–Crippen MR) is 86.7 cm³/mol. The first-order chi connectivity index (χ1) is 8.97. The van der Waals surface area contributed by atoms with E-state index in [0.717, 1.165) is 15.7 Å². The van der Waals surface area contributed by atoms with Crippen molar-refractivity contribution < 1.29 is 5.11 Å². The van der Waals surface area contributed by atoms with Crippen molar-refractivity contribution in [3.05, 3.63) is 56.0 Å². The summed E-state index contributed by atoms with van der Waals surface area (Å²) < 4.78 is 1.79. The fourth-order valence-corrected chi connectivity index (χ4v) is 3.23. The van der Waals surface area contributed by atoms with E-state index in [2.05, 4.69) is 63.2 Å². The molecule has 0 saturated heterocycles. The minimum absolute atomic E-state index is 0.261. The third kappa shape index (κ3) is 3.51. The van der Waals surface area contributed by atoms with Crippen LogP contribution in [0.2, 0.25) is 0 Å². The third-order valence-electron chi connectivity index (χ3n) is 2.91. The number of phenolic OH excluding ortho intramolecular Hbond substituents is 1. The van der Waals surface area contributed by atoms with E-state index in [9.17, 15) is 5.11 Å². The van der Waals surface area contributed by atoms with Crippen LogP contribution in [-0.2, 0) is 6.54 Å². The van der Waals surface area contributed by atoms with Gasteiger partial charge in [-0.25, -0.2) is 0 Å². The van der Waals surface area contributed by atoms with Crippen molar-refractivity contribution in [3.63, 3.8) is 0 Å². The second-order valence-electron chi connectivity index (χ2n) is 4.58. The lowest BCUT2D eigenvalue weighted by Crippen LogP contribution is -2.02. The van der Waals surface area contributed by atoms with Crippen molar-refractivity contribution in [3.8, 4) is 5.75 Å². The molecule has 2 N–H and O–H groups in total. The largest absolute Gasteiger partial charge is 0.507 e. The van der Waals surface area contributed by atoms with Gasteiger partial charge >= 0.3 is 0 Å². The molecule has 0 heterocycles. The fourth-order valence-electron chi connectivity index (χ4n) is 1.99. The predicted octanol–water partition coefficient (Wildman–Crippen LogP) is 5.15. The Bertz CT molecular complexity index is 588. The van der Waals surface area contributed by atoms with Crippen LogP contribution in [0, 0.1) is 13.8 Å². The number of aromatic hydroxyl groups is 1. The molecule has 0 bridgehead atoms. The molecular formula is C15H15Br2NO. The fraction of sp³-hybridized carbons (Fsp3) is 0.200. The van der Waals surface area contributed by atoms with Crippen LogP contribution in [0.25, 0.3) is 0 Å². The first kappa shape index (κ1) is 14.4. The van der Waals surface area contributed by atoms with Crippen molar-refractivity contribution in [2.24, 2.45) is 0 Å². The van der Waals surface area contributed by atoms with E-state index < -0.39 is 0 Å². The molecule has 0 unspecified atom stereocenters. The molecule has 2 aromatic carbocycles. The Hall–Kier alpha value is -1.000. The molecule has 0 radical (unpaired) electrons. The van der Waals surface area contributed by atoms with E-state index in [1.54, 1.807) is 6.07 Å². The van der Waals surface area contributed by atoms with Crippen LogP contribution < -0.4 is 5.32 Å². The van der Waals surface area contributed by atoms with Crippen molar-refractivity contribution in [1.82, 2.24) is 0 Å². The maximum absolute atomic E-state index is 9.47. The van der Waals surface area contributed by atoms with Crippen LogP contribution in [0.4, 0.5) is 5.69 Å². The maximum atomic E-state index is 9.47. The second-order valence-corrected chi connectivity index (χ2v) is 6.29. The first-order valence-electron chi connectivity index (χ1n) is 5.95. The van der Waals surface area contributed by atoms with Crippen molar-refractivity contribution in [2.45, 2.75) is 20.4 Å². The summed E-state index contributed by atoms with van der Waals surface area (Å²) in [6.07, 6.45) is 0. The van der Waals surface area contributed by atoms with Gasteiger partial charge in [0.2, 0.25) is 0 Å². The van der Waals surface area contributed by atoms with E-state index in [4.69, 9.17) is 0 Å². The van der Waals surface area contributed by atoms with E-state index in [1.165, 1.54) is 11.1 Å². The molecule has 0 spiro atoms. The lowest BCUT2D eigenvalue weighted by atomic mass is 10.1. The summed E-state index contributed by atoms with van der Waals surface area (Å²) in [4.78, 5) is 0. The molecule has 2 rings (SSSR count). The Balaban J connectivity index is 2.16. The number of hydrogen-bond donors (Lipinski definition) is 2. The van der Waals surface area contributed by atoms with Crippen molar-refractivity contribution in [2.75, 3.05) is 5.32 Å². The highest BCUT2D eigenvalue weighted by molar-refractivity contribution is 9.11. The molecule has 0 atom stereocenters. The minimum Gasteiger partial charge on any atom is -0.507 e. The monoisotopic (exact) mass is 383 g/mol. The van der Waals surface area contributed by atoms with Gasteiger partial charge in [-0.15, -0.1) is 0 Å². The summed E-state index contributed by atoms with van der Waals surface area (Å²) in [5.74, 6) is 0.261. The number of benzene rings is 2. The topological polar surface area (TPSA) is 32.3 Å². The lowest BCUT2D eigenvalue weighted by molar-refractivity contribution is 0.471. The lowest BCUT2D eigenvalue weighted by Gasteiger charge is -2.13. The number of aryl methyl sites for hydroxylation is 2. The van der Waals surface area contributed by atoms with Gasteiger partial charge in [0.05, 0.1) is 10.2 Å². The highest BCUT2D eigenvalue weighted by Gasteiger charge is 2.05. The van der Waals surface area contributed by atoms with Gasteiger partial charge in [-0.3, -0.25) is 0 Å². The number of rotatable bonds is 3. The maximum Gasteiger partial charge on any atom is 0.129 e. The van der Waals surface area contributed by atoms with E-state index >= 15 is 0 Å². The quantitative estimate of drug-likeness (QED) is 0.767. The summed E-state index contributed by atoms with van der Waals surface area (Å²) in [7, 11) is 0. The average Bonchev–Trinajstić information content (AvgIpc) is 2.32. The zero-order chi connectivity index (χ0) is 14.0. The molecule has 4 heteroatoms. The molecule has 2 aromatic rings. The zero-order valence-corrected chi connectivity index (χ0v) is 14.0. The van der Waals surface area contributed by atoms with Crippen molar-refractivity contribution >= 4 is 37.5 Å². The molecule has 0 aliphatic carbocycles. The van der Waals surface area contributed by atoms with Gasteiger partial charge in [0.25, 0.3) is 0 Å². The highest BCUT2D eigenvalue weighted by Crippen LogP contribution is 2.29. The number of phenols is 1. The van der Waals surface area contributed by atoms with Gasteiger partial charge in [-0.2, -0.15) is 0 Å². The first-order valence-corrected chi connectivity index (χ1v) is 7.54. The second kappa shape index (κ2) is 5.97. The molecule has 0 saturated carbocycles. The van der Waals surface area contributed by atoms with Gasteiger partial charge in [0.1, 0.15) is 5.75 Å². The van der Waals surface area contributed by atoms with Crippen LogP contribution in [-0.4, -0.2) is 5.11 Å². The number of nitrogens with one attached hydrogen (secondary N) is 1. The summed E-state index contributed by atoms with van der Waals surface area (Å²) >= 11 is 6.91. The molecule has 19 heavy (non-hydrogen) atoms. The molecule has 0 fully saturated rings. The molecule has 0 aliphatic rings. The average molecular weight is 385 g/mol. The zero-order valence-electron chi connectivity index (χ0n) is 10.8. The Kier molecular flexibility index (Phi) is 4.53. The van der Waals surface area contributed by atoms with Gasteiger partial charge in [-0.1, -0.05) is 12.1 Å². The smallest absolute Gasteiger partial charge is 0.129 e. The minimum atomic E-state index is 0.261. The molecule has 0 aromatic heterocycles. The molecule has 2 nitrogen and oxygen atoms in total. The molecular weight excluding hydrogens is 370 g/mol. The van der Waals surface area contributed by atoms with Crippen LogP contribution in [0.15, 0.2) is 39.3 Å². The standard InChI is InChI=1S/C15H15Br2NO/c1-9-5-10(2)15(13(17)6-9)18-8-11-3-4-14(19)12(16)7-11/h3-7,18-19H,8H2,1-2H3. The Labute approximate surface area is 130 Å². The Morgan fingerprint density at radius 2 is 1.79 bits per heavy atom. The van der Waals surface area contributed by atoms with E-state index in [-0.39, 0.29) is 5.75 Å². The van der Waals surface area contributed by atoms with Crippen LogP contribution in [0.3, 0.4) is 0 Å². The number of hydrogen-bond acceptors (Lipinski definition) is 2. The van der Waals surface area contributed by atoms with Crippen LogP contribution >= 0.6 is 31.9 Å². The number of anilines is 1. The van der Waals surface area contributed by atoms with Gasteiger partial charge in [-0.05, 0) is 80.6 Å². The Morgan fingerprint density at radius 3 is 2.42 bits per heavy atom. The summed E-state index contributed by atoms with van der Waals surface area (Å²) in [6, 6.07) is 9.77. The molecule has 100 valence electrons. The normalized spacial score (nSPS) is 10.5. The van der Waals surface area contributed by atoms with E-state index in [0.29, 0.717) is 11.0 Å². The third-order valence-corrected chi connectivity index (χ3v) is 4.17.